The monoisotopic (exact) mass is 190 g/mol. The van der Waals surface area contributed by atoms with E-state index in [2.05, 4.69) is 6.92 Å². The molecule has 0 aliphatic carbocycles. The average Bonchev–Trinajstić information content (AvgIpc) is 2.19. The van der Waals surface area contributed by atoms with Crippen molar-refractivity contribution in [3.8, 4) is 5.75 Å². The van der Waals surface area contributed by atoms with E-state index in [1.54, 1.807) is 18.2 Å². The molecule has 1 aromatic carbocycles. The molecule has 1 aromatic rings. The van der Waals surface area contributed by atoms with Crippen molar-refractivity contribution >= 4 is 11.9 Å². The molecule has 0 bridgehead atoms. The molecule has 0 radical (unpaired) electrons. The van der Waals surface area contributed by atoms with Gasteiger partial charge in [0.05, 0.1) is 0 Å². The van der Waals surface area contributed by atoms with Gasteiger partial charge in [0.25, 0.3) is 0 Å². The first kappa shape index (κ1) is 10.5. The SMILES string of the molecule is CCC/C(=C\C=O)c1ccc(O)cc1. The third-order valence-corrected chi connectivity index (χ3v) is 2.03. The lowest BCUT2D eigenvalue weighted by atomic mass is 10.0. The molecule has 2 heteroatoms. The van der Waals surface area contributed by atoms with Gasteiger partial charge in [0.2, 0.25) is 0 Å². The van der Waals surface area contributed by atoms with E-state index in [9.17, 15) is 4.79 Å². The van der Waals surface area contributed by atoms with Crippen molar-refractivity contribution in [2.75, 3.05) is 0 Å². The maximum absolute atomic E-state index is 10.4. The van der Waals surface area contributed by atoms with Crippen LogP contribution in [-0.4, -0.2) is 11.4 Å². The van der Waals surface area contributed by atoms with Crippen LogP contribution in [0.3, 0.4) is 0 Å². The fraction of sp³-hybridized carbons (Fsp3) is 0.250. The van der Waals surface area contributed by atoms with Crippen molar-refractivity contribution in [3.63, 3.8) is 0 Å². The Morgan fingerprint density at radius 1 is 1.36 bits per heavy atom. The van der Waals surface area contributed by atoms with Crippen LogP contribution in [0, 0.1) is 0 Å². The number of benzene rings is 1. The zero-order valence-corrected chi connectivity index (χ0v) is 8.23. The average molecular weight is 190 g/mol. The Bertz CT molecular complexity index is 323. The highest BCUT2D eigenvalue weighted by Crippen LogP contribution is 2.21. The van der Waals surface area contributed by atoms with Crippen LogP contribution < -0.4 is 0 Å². The molecule has 0 spiro atoms. The molecule has 74 valence electrons. The van der Waals surface area contributed by atoms with Gasteiger partial charge in [0.15, 0.2) is 0 Å². The van der Waals surface area contributed by atoms with Crippen LogP contribution in [0.5, 0.6) is 5.75 Å². The number of hydrogen-bond acceptors (Lipinski definition) is 2. The molecular formula is C12H14O2. The Labute approximate surface area is 83.9 Å². The number of phenols is 1. The second-order valence-corrected chi connectivity index (χ2v) is 3.12. The summed E-state index contributed by atoms with van der Waals surface area (Å²) in [5.74, 6) is 0.246. The van der Waals surface area contributed by atoms with Gasteiger partial charge in [0.1, 0.15) is 12.0 Å². The van der Waals surface area contributed by atoms with Gasteiger partial charge in [-0.2, -0.15) is 0 Å². The van der Waals surface area contributed by atoms with Crippen LogP contribution in [0.4, 0.5) is 0 Å². The summed E-state index contributed by atoms with van der Waals surface area (Å²) in [5.41, 5.74) is 2.01. The fourth-order valence-electron chi connectivity index (χ4n) is 1.35. The van der Waals surface area contributed by atoms with Crippen molar-refractivity contribution in [1.29, 1.82) is 0 Å². The van der Waals surface area contributed by atoms with Crippen LogP contribution in [-0.2, 0) is 4.79 Å². The number of allylic oxidation sites excluding steroid dienone is 2. The Morgan fingerprint density at radius 2 is 2.00 bits per heavy atom. The first-order chi connectivity index (χ1) is 6.77. The minimum Gasteiger partial charge on any atom is -0.508 e. The molecule has 0 fully saturated rings. The molecule has 2 nitrogen and oxygen atoms in total. The highest BCUT2D eigenvalue weighted by Gasteiger charge is 1.99. The van der Waals surface area contributed by atoms with Crippen molar-refractivity contribution < 1.29 is 9.90 Å². The van der Waals surface area contributed by atoms with Crippen molar-refractivity contribution in [2.45, 2.75) is 19.8 Å². The Balaban J connectivity index is 2.93. The van der Waals surface area contributed by atoms with Gasteiger partial charge in [0, 0.05) is 0 Å². The molecule has 0 saturated carbocycles. The largest absolute Gasteiger partial charge is 0.508 e. The minimum atomic E-state index is 0.246. The van der Waals surface area contributed by atoms with E-state index in [0.29, 0.717) is 0 Å². The van der Waals surface area contributed by atoms with Gasteiger partial charge >= 0.3 is 0 Å². The van der Waals surface area contributed by atoms with Gasteiger partial charge in [-0.3, -0.25) is 4.79 Å². The molecule has 0 saturated heterocycles. The molecule has 0 aliphatic heterocycles. The number of aldehydes is 1. The summed E-state index contributed by atoms with van der Waals surface area (Å²) in [5, 5.41) is 9.11. The van der Waals surface area contributed by atoms with Crippen molar-refractivity contribution in [2.24, 2.45) is 0 Å². The molecular weight excluding hydrogens is 176 g/mol. The minimum absolute atomic E-state index is 0.246. The second kappa shape index (κ2) is 5.22. The second-order valence-electron chi connectivity index (χ2n) is 3.12. The number of rotatable bonds is 4. The highest BCUT2D eigenvalue weighted by atomic mass is 16.3. The molecule has 0 aliphatic rings. The Hall–Kier alpha value is -1.57. The van der Waals surface area contributed by atoms with Crippen LogP contribution in [0.25, 0.3) is 5.57 Å². The molecule has 14 heavy (non-hydrogen) atoms. The molecule has 0 heterocycles. The summed E-state index contributed by atoms with van der Waals surface area (Å²) in [6.45, 7) is 2.07. The maximum Gasteiger partial charge on any atom is 0.143 e. The van der Waals surface area contributed by atoms with Crippen LogP contribution in [0.1, 0.15) is 25.3 Å². The molecule has 1 rings (SSSR count). The normalized spacial score (nSPS) is 11.4. The van der Waals surface area contributed by atoms with E-state index in [4.69, 9.17) is 5.11 Å². The lowest BCUT2D eigenvalue weighted by Gasteiger charge is -2.04. The van der Waals surface area contributed by atoms with E-state index in [1.165, 1.54) is 0 Å². The third-order valence-electron chi connectivity index (χ3n) is 2.03. The lowest BCUT2D eigenvalue weighted by Crippen LogP contribution is -1.84. The van der Waals surface area contributed by atoms with E-state index in [1.807, 2.05) is 12.1 Å². The third kappa shape index (κ3) is 2.73. The van der Waals surface area contributed by atoms with Gasteiger partial charge in [-0.15, -0.1) is 0 Å². The van der Waals surface area contributed by atoms with Gasteiger partial charge in [-0.25, -0.2) is 0 Å². The molecule has 1 N–H and O–H groups in total. The first-order valence-electron chi connectivity index (χ1n) is 4.71. The summed E-state index contributed by atoms with van der Waals surface area (Å²) in [7, 11) is 0. The van der Waals surface area contributed by atoms with Crippen LogP contribution in [0.15, 0.2) is 30.3 Å². The molecule has 0 unspecified atom stereocenters. The topological polar surface area (TPSA) is 37.3 Å². The summed E-state index contributed by atoms with van der Waals surface area (Å²) in [6, 6.07) is 6.90. The maximum atomic E-state index is 10.4. The summed E-state index contributed by atoms with van der Waals surface area (Å²) >= 11 is 0. The predicted molar refractivity (Wildman–Crippen MR) is 57.1 cm³/mol. The van der Waals surface area contributed by atoms with E-state index < -0.39 is 0 Å². The van der Waals surface area contributed by atoms with Crippen molar-refractivity contribution in [3.05, 3.63) is 35.9 Å². The molecule has 0 amide bonds. The first-order valence-corrected chi connectivity index (χ1v) is 4.71. The summed E-state index contributed by atoms with van der Waals surface area (Å²) in [4.78, 5) is 10.4. The van der Waals surface area contributed by atoms with Gasteiger partial charge < -0.3 is 5.11 Å². The Morgan fingerprint density at radius 3 is 2.50 bits per heavy atom. The number of hydrogen-bond donors (Lipinski definition) is 1. The number of carbonyl (C=O) groups excluding carboxylic acids is 1. The molecule has 0 atom stereocenters. The zero-order valence-electron chi connectivity index (χ0n) is 8.23. The van der Waals surface area contributed by atoms with E-state index >= 15 is 0 Å². The van der Waals surface area contributed by atoms with Gasteiger partial charge in [-0.05, 0) is 35.8 Å². The number of aromatic hydroxyl groups is 1. The van der Waals surface area contributed by atoms with E-state index in [0.717, 1.165) is 30.3 Å². The highest BCUT2D eigenvalue weighted by molar-refractivity contribution is 5.81. The standard InChI is InChI=1S/C12H14O2/c1-2-3-10(8-9-13)11-4-6-12(14)7-5-11/h4-9,14H,2-3H2,1H3/b10-8+. The predicted octanol–water partition coefficient (Wildman–Crippen LogP) is 2.77. The van der Waals surface area contributed by atoms with Crippen LogP contribution in [0.2, 0.25) is 0 Å². The number of carbonyl (C=O) groups is 1. The quantitative estimate of drug-likeness (QED) is 0.585. The fourth-order valence-corrected chi connectivity index (χ4v) is 1.35. The number of phenolic OH excluding ortho intramolecular Hbond substituents is 1. The molecule has 0 aromatic heterocycles. The lowest BCUT2D eigenvalue weighted by molar-refractivity contribution is -0.104. The smallest absolute Gasteiger partial charge is 0.143 e. The van der Waals surface area contributed by atoms with Crippen LogP contribution >= 0.6 is 0 Å². The van der Waals surface area contributed by atoms with E-state index in [-0.39, 0.29) is 5.75 Å². The zero-order chi connectivity index (χ0) is 10.4. The van der Waals surface area contributed by atoms with Gasteiger partial charge in [-0.1, -0.05) is 25.5 Å². The van der Waals surface area contributed by atoms with Crippen molar-refractivity contribution in [1.82, 2.24) is 0 Å². The summed E-state index contributed by atoms with van der Waals surface area (Å²) < 4.78 is 0. The Kier molecular flexibility index (Phi) is 3.92. The summed E-state index contributed by atoms with van der Waals surface area (Å²) in [6.07, 6.45) is 4.26.